The first-order valence-electron chi connectivity index (χ1n) is 4.56. The van der Waals surface area contributed by atoms with Crippen molar-refractivity contribution < 1.29 is 9.47 Å². The topological polar surface area (TPSA) is 44.5 Å². The number of nitrogens with two attached hydrogens (primary N) is 1. The van der Waals surface area contributed by atoms with E-state index in [1.54, 1.807) is 14.2 Å². The average Bonchev–Trinajstić information content (AvgIpc) is 2.28. The molecule has 0 radical (unpaired) electrons. The third-order valence-electron chi connectivity index (χ3n) is 2.54. The predicted molar refractivity (Wildman–Crippen MR) is 56.4 cm³/mol. The fraction of sp³-hybridized carbons (Fsp3) is 0.455. The molecular formula is C11H17NO2. The van der Waals surface area contributed by atoms with E-state index in [1.807, 2.05) is 31.2 Å². The Morgan fingerprint density at radius 2 is 1.79 bits per heavy atom. The van der Waals surface area contributed by atoms with Crippen molar-refractivity contribution in [3.05, 3.63) is 29.8 Å². The second kappa shape index (κ2) is 4.44. The van der Waals surface area contributed by atoms with E-state index in [0.29, 0.717) is 6.54 Å². The number of benzene rings is 1. The minimum absolute atomic E-state index is 0.410. The molecule has 0 aliphatic heterocycles. The van der Waals surface area contributed by atoms with Crippen LogP contribution in [-0.2, 0) is 10.3 Å². The summed E-state index contributed by atoms with van der Waals surface area (Å²) in [5, 5.41) is 0. The summed E-state index contributed by atoms with van der Waals surface area (Å²) in [5.41, 5.74) is 6.31. The highest BCUT2D eigenvalue weighted by molar-refractivity contribution is 5.30. The molecule has 0 aromatic heterocycles. The number of ether oxygens (including phenoxy) is 2. The molecule has 0 amide bonds. The van der Waals surface area contributed by atoms with Gasteiger partial charge in [0.05, 0.1) is 7.11 Å². The summed E-state index contributed by atoms with van der Waals surface area (Å²) in [6, 6.07) is 7.74. The number of rotatable bonds is 4. The van der Waals surface area contributed by atoms with E-state index >= 15 is 0 Å². The van der Waals surface area contributed by atoms with Crippen molar-refractivity contribution in [3.8, 4) is 5.75 Å². The fourth-order valence-corrected chi connectivity index (χ4v) is 1.26. The van der Waals surface area contributed by atoms with Gasteiger partial charge < -0.3 is 15.2 Å². The molecule has 0 saturated heterocycles. The van der Waals surface area contributed by atoms with E-state index in [2.05, 4.69) is 0 Å². The molecule has 0 aliphatic rings. The number of methoxy groups -OCH3 is 2. The van der Waals surface area contributed by atoms with Crippen molar-refractivity contribution in [1.82, 2.24) is 0 Å². The van der Waals surface area contributed by atoms with Crippen LogP contribution < -0.4 is 10.5 Å². The first kappa shape index (κ1) is 11.0. The van der Waals surface area contributed by atoms with Crippen molar-refractivity contribution in [3.63, 3.8) is 0 Å². The molecule has 1 aromatic carbocycles. The first-order chi connectivity index (χ1) is 6.66. The summed E-state index contributed by atoms with van der Waals surface area (Å²) in [7, 11) is 3.31. The smallest absolute Gasteiger partial charge is 0.118 e. The Kier molecular flexibility index (Phi) is 3.49. The molecule has 1 unspecified atom stereocenters. The Morgan fingerprint density at radius 3 is 2.14 bits per heavy atom. The van der Waals surface area contributed by atoms with E-state index in [9.17, 15) is 0 Å². The van der Waals surface area contributed by atoms with Gasteiger partial charge in [-0.3, -0.25) is 0 Å². The summed E-state index contributed by atoms with van der Waals surface area (Å²) < 4.78 is 10.5. The van der Waals surface area contributed by atoms with Crippen LogP contribution in [0.5, 0.6) is 5.75 Å². The highest BCUT2D eigenvalue weighted by Crippen LogP contribution is 2.24. The molecule has 0 spiro atoms. The lowest BCUT2D eigenvalue weighted by Crippen LogP contribution is -2.33. The van der Waals surface area contributed by atoms with E-state index in [1.165, 1.54) is 0 Å². The lowest BCUT2D eigenvalue weighted by molar-refractivity contribution is 0.0100. The maximum Gasteiger partial charge on any atom is 0.118 e. The third-order valence-corrected chi connectivity index (χ3v) is 2.54. The predicted octanol–water partition coefficient (Wildman–Crippen LogP) is 1.52. The molecule has 0 saturated carbocycles. The third kappa shape index (κ3) is 2.05. The highest BCUT2D eigenvalue weighted by atomic mass is 16.5. The van der Waals surface area contributed by atoms with Crippen molar-refractivity contribution in [1.29, 1.82) is 0 Å². The molecule has 14 heavy (non-hydrogen) atoms. The van der Waals surface area contributed by atoms with Crippen LogP contribution in [-0.4, -0.2) is 20.8 Å². The van der Waals surface area contributed by atoms with Crippen LogP contribution in [0.15, 0.2) is 24.3 Å². The van der Waals surface area contributed by atoms with Gasteiger partial charge in [-0.05, 0) is 24.6 Å². The van der Waals surface area contributed by atoms with Crippen LogP contribution >= 0.6 is 0 Å². The summed E-state index contributed by atoms with van der Waals surface area (Å²) in [6.07, 6.45) is 0. The number of hydrogen-bond donors (Lipinski definition) is 1. The van der Waals surface area contributed by atoms with Crippen molar-refractivity contribution in [2.24, 2.45) is 5.73 Å². The highest BCUT2D eigenvalue weighted by Gasteiger charge is 2.23. The Balaban J connectivity index is 2.95. The fourth-order valence-electron chi connectivity index (χ4n) is 1.26. The van der Waals surface area contributed by atoms with E-state index < -0.39 is 5.60 Å². The van der Waals surface area contributed by atoms with Crippen molar-refractivity contribution in [2.75, 3.05) is 20.8 Å². The Labute approximate surface area is 84.8 Å². The van der Waals surface area contributed by atoms with E-state index in [0.717, 1.165) is 11.3 Å². The second-order valence-corrected chi connectivity index (χ2v) is 3.37. The van der Waals surface area contributed by atoms with Gasteiger partial charge in [-0.2, -0.15) is 0 Å². The van der Waals surface area contributed by atoms with Crippen molar-refractivity contribution >= 4 is 0 Å². The maximum absolute atomic E-state index is 5.66. The average molecular weight is 195 g/mol. The summed E-state index contributed by atoms with van der Waals surface area (Å²) in [5.74, 6) is 0.837. The maximum atomic E-state index is 5.66. The molecule has 2 N–H and O–H groups in total. The standard InChI is InChI=1S/C11H17NO2/c1-11(8-12,14-3)9-4-6-10(13-2)7-5-9/h4-7H,8,12H2,1-3H3. The Morgan fingerprint density at radius 1 is 1.21 bits per heavy atom. The second-order valence-electron chi connectivity index (χ2n) is 3.37. The van der Waals surface area contributed by atoms with Gasteiger partial charge in [0.15, 0.2) is 0 Å². The van der Waals surface area contributed by atoms with Gasteiger partial charge in [0.2, 0.25) is 0 Å². The molecule has 3 nitrogen and oxygen atoms in total. The van der Waals surface area contributed by atoms with Gasteiger partial charge in [-0.15, -0.1) is 0 Å². The van der Waals surface area contributed by atoms with Crippen LogP contribution in [0.1, 0.15) is 12.5 Å². The van der Waals surface area contributed by atoms with Crippen LogP contribution in [0.2, 0.25) is 0 Å². The molecular weight excluding hydrogens is 178 g/mol. The van der Waals surface area contributed by atoms with E-state index in [-0.39, 0.29) is 0 Å². The molecule has 1 rings (SSSR count). The van der Waals surface area contributed by atoms with Crippen LogP contribution in [0.25, 0.3) is 0 Å². The van der Waals surface area contributed by atoms with Gasteiger partial charge in [0, 0.05) is 13.7 Å². The molecule has 1 aromatic rings. The van der Waals surface area contributed by atoms with Gasteiger partial charge in [-0.1, -0.05) is 12.1 Å². The zero-order chi connectivity index (χ0) is 10.6. The zero-order valence-corrected chi connectivity index (χ0v) is 8.91. The molecule has 1 atom stereocenters. The van der Waals surface area contributed by atoms with Crippen molar-refractivity contribution in [2.45, 2.75) is 12.5 Å². The molecule has 0 fully saturated rings. The monoisotopic (exact) mass is 195 g/mol. The van der Waals surface area contributed by atoms with E-state index in [4.69, 9.17) is 15.2 Å². The van der Waals surface area contributed by atoms with Crippen LogP contribution in [0.4, 0.5) is 0 Å². The first-order valence-corrected chi connectivity index (χ1v) is 4.56. The van der Waals surface area contributed by atoms with Crippen LogP contribution in [0.3, 0.4) is 0 Å². The van der Waals surface area contributed by atoms with Gasteiger partial charge >= 0.3 is 0 Å². The lowest BCUT2D eigenvalue weighted by Gasteiger charge is -2.26. The summed E-state index contributed by atoms with van der Waals surface area (Å²) >= 11 is 0. The Bertz CT molecular complexity index is 278. The SMILES string of the molecule is COc1ccc(C(C)(CN)OC)cc1. The summed E-state index contributed by atoms with van der Waals surface area (Å²) in [4.78, 5) is 0. The molecule has 0 bridgehead atoms. The van der Waals surface area contributed by atoms with Gasteiger partial charge in [0.25, 0.3) is 0 Å². The minimum Gasteiger partial charge on any atom is -0.497 e. The van der Waals surface area contributed by atoms with Gasteiger partial charge in [-0.25, -0.2) is 0 Å². The minimum atomic E-state index is -0.410. The van der Waals surface area contributed by atoms with Crippen LogP contribution in [0, 0.1) is 0 Å². The van der Waals surface area contributed by atoms with Gasteiger partial charge in [0.1, 0.15) is 11.4 Å². The molecule has 3 heteroatoms. The zero-order valence-electron chi connectivity index (χ0n) is 8.91. The quantitative estimate of drug-likeness (QED) is 0.792. The normalized spacial score (nSPS) is 14.9. The molecule has 0 heterocycles. The summed E-state index contributed by atoms with van der Waals surface area (Å²) in [6.45, 7) is 2.42. The lowest BCUT2D eigenvalue weighted by atomic mass is 9.96. The Hall–Kier alpha value is -1.06. The largest absolute Gasteiger partial charge is 0.497 e. The molecule has 78 valence electrons. The molecule has 0 aliphatic carbocycles. The number of hydrogen-bond acceptors (Lipinski definition) is 3.